The molecule has 0 spiro atoms. The maximum Gasteiger partial charge on any atom is 0.201 e. The van der Waals surface area contributed by atoms with Crippen molar-refractivity contribution in [2.24, 2.45) is 0 Å². The summed E-state index contributed by atoms with van der Waals surface area (Å²) < 4.78 is 29.1. The highest BCUT2D eigenvalue weighted by molar-refractivity contribution is 7.95. The van der Waals surface area contributed by atoms with Crippen molar-refractivity contribution in [3.63, 3.8) is 0 Å². The summed E-state index contributed by atoms with van der Waals surface area (Å²) in [6, 6.07) is 5.51. The molecule has 0 fully saturated rings. The Morgan fingerprint density at radius 3 is 2.75 bits per heavy atom. The van der Waals surface area contributed by atoms with E-state index >= 15 is 0 Å². The maximum absolute atomic E-state index is 11.9. The van der Waals surface area contributed by atoms with Crippen LogP contribution in [-0.2, 0) is 14.6 Å². The molecule has 0 aromatic heterocycles. The van der Waals surface area contributed by atoms with Crippen LogP contribution < -0.4 is 0 Å². The highest BCUT2D eigenvalue weighted by atomic mass is 32.2. The lowest BCUT2D eigenvalue weighted by Crippen LogP contribution is -1.97. The molecule has 1 heterocycles. The second-order valence-electron chi connectivity index (χ2n) is 3.78. The number of hydrogen-bond acceptors (Lipinski definition) is 3. The molecule has 0 bridgehead atoms. The molecule has 0 N–H and O–H groups in total. The number of ether oxygens (including phenoxy) is 1. The van der Waals surface area contributed by atoms with Gasteiger partial charge in [0.15, 0.2) is 0 Å². The topological polar surface area (TPSA) is 43.4 Å². The molecule has 0 unspecified atom stereocenters. The molecule has 0 saturated carbocycles. The van der Waals surface area contributed by atoms with Gasteiger partial charge >= 0.3 is 0 Å². The van der Waals surface area contributed by atoms with Crippen LogP contribution in [0.15, 0.2) is 28.5 Å². The fourth-order valence-electron chi connectivity index (χ4n) is 1.92. The summed E-state index contributed by atoms with van der Waals surface area (Å²) in [5.41, 5.74) is 2.33. The Kier molecular flexibility index (Phi) is 2.86. The molecule has 1 aromatic carbocycles. The molecule has 1 aliphatic heterocycles. The third-order valence-electron chi connectivity index (χ3n) is 2.60. The Bertz CT molecular complexity index is 541. The standard InChI is InChI=1S/C12H14O3S/c1-3-15-7-10-8-16(13,14)12-9(2)5-4-6-11(10)12/h4-6,8H,3,7H2,1-2H3. The SMILES string of the molecule is CCOCC1=CS(=O)(=O)c2c(C)cccc21. The number of aryl methyl sites for hydroxylation is 1. The fraction of sp³-hybridized carbons (Fsp3) is 0.333. The van der Waals surface area contributed by atoms with E-state index in [9.17, 15) is 8.42 Å². The lowest BCUT2D eigenvalue weighted by Gasteiger charge is -2.06. The zero-order valence-electron chi connectivity index (χ0n) is 9.36. The molecule has 0 saturated heterocycles. The Labute approximate surface area is 95.7 Å². The molecule has 1 aromatic rings. The molecular formula is C12H14O3S. The van der Waals surface area contributed by atoms with Crippen molar-refractivity contribution >= 4 is 15.4 Å². The van der Waals surface area contributed by atoms with E-state index < -0.39 is 9.84 Å². The van der Waals surface area contributed by atoms with E-state index in [0.717, 1.165) is 16.7 Å². The van der Waals surface area contributed by atoms with Gasteiger partial charge in [0.2, 0.25) is 9.84 Å². The molecule has 3 nitrogen and oxygen atoms in total. The van der Waals surface area contributed by atoms with Crippen molar-refractivity contribution in [3.05, 3.63) is 34.7 Å². The summed E-state index contributed by atoms with van der Waals surface area (Å²) in [4.78, 5) is 0.435. The van der Waals surface area contributed by atoms with Gasteiger partial charge in [-0.2, -0.15) is 0 Å². The first kappa shape index (κ1) is 11.4. The van der Waals surface area contributed by atoms with Crippen LogP contribution >= 0.6 is 0 Å². The van der Waals surface area contributed by atoms with Crippen molar-refractivity contribution in [2.45, 2.75) is 18.7 Å². The van der Waals surface area contributed by atoms with Crippen LogP contribution in [0.2, 0.25) is 0 Å². The minimum Gasteiger partial charge on any atom is -0.377 e. The lowest BCUT2D eigenvalue weighted by molar-refractivity contribution is 0.182. The average Bonchev–Trinajstić information content (AvgIpc) is 2.49. The Morgan fingerprint density at radius 1 is 1.31 bits per heavy atom. The summed E-state index contributed by atoms with van der Waals surface area (Å²) in [6.45, 7) is 4.64. The third kappa shape index (κ3) is 1.79. The smallest absolute Gasteiger partial charge is 0.201 e. The number of sulfone groups is 1. The van der Waals surface area contributed by atoms with Gasteiger partial charge in [-0.3, -0.25) is 0 Å². The van der Waals surface area contributed by atoms with Gasteiger partial charge in [-0.25, -0.2) is 8.42 Å². The molecule has 4 heteroatoms. The molecule has 0 atom stereocenters. The highest BCUT2D eigenvalue weighted by Crippen LogP contribution is 2.35. The average molecular weight is 238 g/mol. The molecule has 0 radical (unpaired) electrons. The highest BCUT2D eigenvalue weighted by Gasteiger charge is 2.28. The largest absolute Gasteiger partial charge is 0.377 e. The van der Waals surface area contributed by atoms with Crippen LogP contribution in [-0.4, -0.2) is 21.6 Å². The van der Waals surface area contributed by atoms with Crippen LogP contribution in [0.3, 0.4) is 0 Å². The second kappa shape index (κ2) is 4.03. The van der Waals surface area contributed by atoms with Crippen molar-refractivity contribution in [2.75, 3.05) is 13.2 Å². The van der Waals surface area contributed by atoms with Crippen LogP contribution in [0.1, 0.15) is 18.1 Å². The first-order valence-electron chi connectivity index (χ1n) is 5.19. The molecule has 1 aliphatic rings. The molecule has 0 aliphatic carbocycles. The third-order valence-corrected chi connectivity index (χ3v) is 4.31. The fourth-order valence-corrected chi connectivity index (χ4v) is 3.63. The van der Waals surface area contributed by atoms with Crippen molar-refractivity contribution in [3.8, 4) is 0 Å². The van der Waals surface area contributed by atoms with Gasteiger partial charge in [0, 0.05) is 12.0 Å². The normalized spacial score (nSPS) is 17.0. The molecule has 2 rings (SSSR count). The van der Waals surface area contributed by atoms with E-state index in [1.54, 1.807) is 0 Å². The Hall–Kier alpha value is -1.13. The summed E-state index contributed by atoms with van der Waals surface area (Å²) in [7, 11) is -3.26. The van der Waals surface area contributed by atoms with E-state index in [-0.39, 0.29) is 0 Å². The lowest BCUT2D eigenvalue weighted by atomic mass is 10.1. The van der Waals surface area contributed by atoms with Crippen LogP contribution in [0.5, 0.6) is 0 Å². The Morgan fingerprint density at radius 2 is 2.06 bits per heavy atom. The van der Waals surface area contributed by atoms with Gasteiger partial charge < -0.3 is 4.74 Å². The van der Waals surface area contributed by atoms with Crippen molar-refractivity contribution < 1.29 is 13.2 Å². The van der Waals surface area contributed by atoms with E-state index in [2.05, 4.69) is 0 Å². The van der Waals surface area contributed by atoms with Gasteiger partial charge in [-0.05, 0) is 30.5 Å². The zero-order valence-corrected chi connectivity index (χ0v) is 10.2. The number of fused-ring (bicyclic) bond motifs is 1. The van der Waals surface area contributed by atoms with Crippen molar-refractivity contribution in [1.82, 2.24) is 0 Å². The number of rotatable bonds is 3. The van der Waals surface area contributed by atoms with Crippen LogP contribution in [0, 0.1) is 6.92 Å². The first-order valence-corrected chi connectivity index (χ1v) is 6.74. The number of hydrogen-bond donors (Lipinski definition) is 0. The van der Waals surface area contributed by atoms with E-state index in [0.29, 0.717) is 18.1 Å². The molecule has 0 amide bonds. The Balaban J connectivity index is 2.52. The summed E-state index contributed by atoms with van der Waals surface area (Å²) in [5, 5.41) is 1.32. The quantitative estimate of drug-likeness (QED) is 0.810. The predicted molar refractivity (Wildman–Crippen MR) is 62.8 cm³/mol. The minimum absolute atomic E-state index is 0.353. The molecule has 16 heavy (non-hydrogen) atoms. The van der Waals surface area contributed by atoms with E-state index in [1.165, 1.54) is 5.41 Å². The van der Waals surface area contributed by atoms with Crippen LogP contribution in [0.25, 0.3) is 5.57 Å². The summed E-state index contributed by atoms with van der Waals surface area (Å²) in [6.07, 6.45) is 0. The predicted octanol–water partition coefficient (Wildman–Crippen LogP) is 2.16. The zero-order chi connectivity index (χ0) is 11.8. The molecule has 86 valence electrons. The van der Waals surface area contributed by atoms with E-state index in [1.807, 2.05) is 32.0 Å². The summed E-state index contributed by atoms with van der Waals surface area (Å²) in [5.74, 6) is 0. The van der Waals surface area contributed by atoms with Gasteiger partial charge in [0.05, 0.1) is 11.5 Å². The van der Waals surface area contributed by atoms with Gasteiger partial charge in [0.1, 0.15) is 0 Å². The minimum atomic E-state index is -3.26. The monoisotopic (exact) mass is 238 g/mol. The molecular weight excluding hydrogens is 224 g/mol. The van der Waals surface area contributed by atoms with Gasteiger partial charge in [0.25, 0.3) is 0 Å². The van der Waals surface area contributed by atoms with Crippen molar-refractivity contribution in [1.29, 1.82) is 0 Å². The number of benzene rings is 1. The van der Waals surface area contributed by atoms with Crippen LogP contribution in [0.4, 0.5) is 0 Å². The first-order chi connectivity index (χ1) is 7.56. The summed E-state index contributed by atoms with van der Waals surface area (Å²) >= 11 is 0. The van der Waals surface area contributed by atoms with E-state index in [4.69, 9.17) is 4.74 Å². The second-order valence-corrected chi connectivity index (χ2v) is 5.51. The van der Waals surface area contributed by atoms with Gasteiger partial charge in [-0.1, -0.05) is 18.2 Å². The van der Waals surface area contributed by atoms with Gasteiger partial charge in [-0.15, -0.1) is 0 Å². The maximum atomic E-state index is 11.9.